The number of anilines is 1. The Morgan fingerprint density at radius 1 is 1.00 bits per heavy atom. The van der Waals surface area contributed by atoms with E-state index in [0.717, 1.165) is 18.9 Å². The first kappa shape index (κ1) is 25.0. The van der Waals surface area contributed by atoms with Gasteiger partial charge in [0.25, 0.3) is 5.91 Å². The molecule has 1 N–H and O–H groups in total. The number of benzene rings is 2. The topological polar surface area (TPSA) is 94.8 Å². The number of ether oxygens (including phenoxy) is 2. The van der Waals surface area contributed by atoms with Crippen molar-refractivity contribution < 1.29 is 23.5 Å². The van der Waals surface area contributed by atoms with Gasteiger partial charge >= 0.3 is 5.97 Å². The molecule has 1 amide bonds. The molecule has 1 aromatic heterocycles. The van der Waals surface area contributed by atoms with Gasteiger partial charge in [-0.05, 0) is 56.7 Å². The standard InChI is InChI=1S/C27H31NO6/c1-4-5-6-7-8-16-32-20-14-12-19(13-15-20)26(30)28-22-11-9-10-21-23(29)17-24(34-25(21)22)27(31)33-18(2)3/h9-15,17-18H,4-8,16H2,1-3H3,(H,28,30). The van der Waals surface area contributed by atoms with Crippen LogP contribution >= 0.6 is 0 Å². The Morgan fingerprint density at radius 3 is 2.44 bits per heavy atom. The number of fused-ring (bicyclic) bond motifs is 1. The third-order valence-corrected chi connectivity index (χ3v) is 5.18. The Bertz CT molecular complexity index is 1180. The van der Waals surface area contributed by atoms with Crippen LogP contribution in [0.5, 0.6) is 5.75 Å². The monoisotopic (exact) mass is 465 g/mol. The lowest BCUT2D eigenvalue weighted by atomic mass is 10.1. The first-order valence-corrected chi connectivity index (χ1v) is 11.7. The maximum atomic E-state index is 12.8. The number of para-hydroxylation sites is 1. The fourth-order valence-corrected chi connectivity index (χ4v) is 3.44. The minimum Gasteiger partial charge on any atom is -0.494 e. The van der Waals surface area contributed by atoms with E-state index in [9.17, 15) is 14.4 Å². The number of esters is 1. The summed E-state index contributed by atoms with van der Waals surface area (Å²) in [5, 5.41) is 3.01. The van der Waals surface area contributed by atoms with E-state index in [4.69, 9.17) is 13.9 Å². The van der Waals surface area contributed by atoms with Gasteiger partial charge in [-0.2, -0.15) is 0 Å². The summed E-state index contributed by atoms with van der Waals surface area (Å²) in [7, 11) is 0. The van der Waals surface area contributed by atoms with Gasteiger partial charge in [0.15, 0.2) is 11.0 Å². The Hall–Kier alpha value is -3.61. The van der Waals surface area contributed by atoms with Crippen LogP contribution in [-0.2, 0) is 4.74 Å². The molecular weight excluding hydrogens is 434 g/mol. The summed E-state index contributed by atoms with van der Waals surface area (Å²) >= 11 is 0. The fraction of sp³-hybridized carbons (Fsp3) is 0.370. The molecule has 0 fully saturated rings. The Balaban J connectivity index is 1.71. The summed E-state index contributed by atoms with van der Waals surface area (Å²) in [5.74, 6) is -0.631. The number of unbranched alkanes of at least 4 members (excludes halogenated alkanes) is 4. The number of hydrogen-bond acceptors (Lipinski definition) is 6. The SMILES string of the molecule is CCCCCCCOc1ccc(C(=O)Nc2cccc3c(=O)cc(C(=O)OC(C)C)oc23)cc1. The molecule has 0 aliphatic rings. The molecule has 0 spiro atoms. The number of amides is 1. The molecule has 1 heterocycles. The van der Waals surface area contributed by atoms with Gasteiger partial charge in [-0.25, -0.2) is 4.79 Å². The molecule has 0 saturated heterocycles. The maximum absolute atomic E-state index is 12.8. The average molecular weight is 466 g/mol. The van der Waals surface area contributed by atoms with E-state index >= 15 is 0 Å². The summed E-state index contributed by atoms with van der Waals surface area (Å²) < 4.78 is 16.5. The highest BCUT2D eigenvalue weighted by Crippen LogP contribution is 2.24. The third kappa shape index (κ3) is 6.70. The predicted octanol–water partition coefficient (Wildman–Crippen LogP) is 5.96. The van der Waals surface area contributed by atoms with Crippen LogP contribution in [0.2, 0.25) is 0 Å². The predicted molar refractivity (Wildman–Crippen MR) is 132 cm³/mol. The first-order valence-electron chi connectivity index (χ1n) is 11.7. The van der Waals surface area contributed by atoms with Gasteiger partial charge in [-0.1, -0.05) is 38.7 Å². The molecular formula is C27H31NO6. The number of nitrogens with one attached hydrogen (secondary N) is 1. The quantitative estimate of drug-likeness (QED) is 0.277. The second-order valence-corrected chi connectivity index (χ2v) is 8.35. The largest absolute Gasteiger partial charge is 0.494 e. The summed E-state index contributed by atoms with van der Waals surface area (Å²) in [5.41, 5.74) is 0.419. The van der Waals surface area contributed by atoms with Crippen LogP contribution in [0.3, 0.4) is 0 Å². The average Bonchev–Trinajstić information content (AvgIpc) is 2.81. The zero-order valence-corrected chi connectivity index (χ0v) is 19.9. The van der Waals surface area contributed by atoms with Crippen molar-refractivity contribution in [2.75, 3.05) is 11.9 Å². The normalized spacial score (nSPS) is 10.9. The van der Waals surface area contributed by atoms with Gasteiger partial charge in [0, 0.05) is 11.6 Å². The third-order valence-electron chi connectivity index (χ3n) is 5.18. The van der Waals surface area contributed by atoms with Gasteiger partial charge in [0.05, 0.1) is 23.8 Å². The Kier molecular flexibility index (Phi) is 8.85. The maximum Gasteiger partial charge on any atom is 0.374 e. The van der Waals surface area contributed by atoms with Crippen LogP contribution < -0.4 is 15.5 Å². The minimum atomic E-state index is -0.740. The highest BCUT2D eigenvalue weighted by molar-refractivity contribution is 6.08. The van der Waals surface area contributed by atoms with Crippen molar-refractivity contribution in [3.8, 4) is 5.75 Å². The van der Waals surface area contributed by atoms with Gasteiger partial charge in [0.1, 0.15) is 5.75 Å². The van der Waals surface area contributed by atoms with Gasteiger partial charge in [-0.3, -0.25) is 9.59 Å². The molecule has 0 radical (unpaired) electrons. The number of carbonyl (C=O) groups excluding carboxylic acids is 2. The Morgan fingerprint density at radius 2 is 1.74 bits per heavy atom. The second-order valence-electron chi connectivity index (χ2n) is 8.35. The lowest BCUT2D eigenvalue weighted by Gasteiger charge is -2.11. The van der Waals surface area contributed by atoms with E-state index in [1.807, 2.05) is 0 Å². The Labute approximate surface area is 199 Å². The summed E-state index contributed by atoms with van der Waals surface area (Å²) in [6.45, 7) is 6.23. The highest BCUT2D eigenvalue weighted by Gasteiger charge is 2.18. The number of rotatable bonds is 11. The van der Waals surface area contributed by atoms with Crippen molar-refractivity contribution in [1.29, 1.82) is 0 Å². The van der Waals surface area contributed by atoms with Crippen LogP contribution in [0.25, 0.3) is 11.0 Å². The smallest absolute Gasteiger partial charge is 0.374 e. The summed E-state index contributed by atoms with van der Waals surface area (Å²) in [6.07, 6.45) is 5.45. The number of hydrogen-bond donors (Lipinski definition) is 1. The number of carbonyl (C=O) groups is 2. The van der Waals surface area contributed by atoms with Gasteiger partial charge in [-0.15, -0.1) is 0 Å². The van der Waals surface area contributed by atoms with E-state index in [0.29, 0.717) is 17.9 Å². The van der Waals surface area contributed by atoms with E-state index in [-0.39, 0.29) is 34.4 Å². The van der Waals surface area contributed by atoms with Crippen LogP contribution in [0.15, 0.2) is 57.7 Å². The lowest BCUT2D eigenvalue weighted by molar-refractivity contribution is 0.0342. The van der Waals surface area contributed by atoms with E-state index in [2.05, 4.69) is 12.2 Å². The summed E-state index contributed by atoms with van der Waals surface area (Å²) in [4.78, 5) is 37.5. The van der Waals surface area contributed by atoms with Crippen molar-refractivity contribution in [2.45, 2.75) is 59.0 Å². The second kappa shape index (κ2) is 12.0. The van der Waals surface area contributed by atoms with Crippen LogP contribution in [-0.4, -0.2) is 24.6 Å². The molecule has 0 aliphatic heterocycles. The van der Waals surface area contributed by atoms with Crippen molar-refractivity contribution >= 4 is 28.5 Å². The highest BCUT2D eigenvalue weighted by atomic mass is 16.6. The van der Waals surface area contributed by atoms with Crippen molar-refractivity contribution in [3.05, 3.63) is 70.1 Å². The molecule has 0 saturated carbocycles. The summed E-state index contributed by atoms with van der Waals surface area (Å²) in [6, 6.07) is 12.8. The molecule has 7 nitrogen and oxygen atoms in total. The molecule has 3 rings (SSSR count). The van der Waals surface area contributed by atoms with Crippen molar-refractivity contribution in [3.63, 3.8) is 0 Å². The molecule has 7 heteroatoms. The molecule has 0 atom stereocenters. The van der Waals surface area contributed by atoms with Crippen LogP contribution in [0, 0.1) is 0 Å². The van der Waals surface area contributed by atoms with E-state index in [1.165, 1.54) is 19.3 Å². The van der Waals surface area contributed by atoms with E-state index in [1.54, 1.807) is 56.3 Å². The minimum absolute atomic E-state index is 0.113. The van der Waals surface area contributed by atoms with Crippen LogP contribution in [0.4, 0.5) is 5.69 Å². The zero-order chi connectivity index (χ0) is 24.5. The van der Waals surface area contributed by atoms with Crippen molar-refractivity contribution in [2.24, 2.45) is 0 Å². The molecule has 0 unspecified atom stereocenters. The molecule has 3 aromatic rings. The van der Waals surface area contributed by atoms with Crippen molar-refractivity contribution in [1.82, 2.24) is 0 Å². The fourth-order valence-electron chi connectivity index (χ4n) is 3.44. The van der Waals surface area contributed by atoms with Crippen LogP contribution in [0.1, 0.15) is 73.8 Å². The molecule has 34 heavy (non-hydrogen) atoms. The first-order chi connectivity index (χ1) is 16.4. The van der Waals surface area contributed by atoms with Gasteiger partial charge < -0.3 is 19.2 Å². The molecule has 180 valence electrons. The van der Waals surface area contributed by atoms with Gasteiger partial charge in [0.2, 0.25) is 5.76 Å². The van der Waals surface area contributed by atoms with E-state index < -0.39 is 11.4 Å². The molecule has 0 bridgehead atoms. The molecule has 0 aliphatic carbocycles. The molecule has 2 aromatic carbocycles. The zero-order valence-electron chi connectivity index (χ0n) is 19.9. The lowest BCUT2D eigenvalue weighted by Crippen LogP contribution is -2.16.